The van der Waals surface area contributed by atoms with E-state index in [0.717, 1.165) is 51.5 Å². The van der Waals surface area contributed by atoms with Gasteiger partial charge in [-0.05, 0) is 31.6 Å². The Bertz CT molecular complexity index is 380. The molecule has 0 aromatic rings. The largest absolute Gasteiger partial charge is 0.376 e. The van der Waals surface area contributed by atoms with Gasteiger partial charge in [0.15, 0.2) is 5.96 Å². The Balaban J connectivity index is 1.62. The van der Waals surface area contributed by atoms with Crippen LogP contribution in [-0.2, 0) is 9.53 Å². The third-order valence-electron chi connectivity index (χ3n) is 4.39. The van der Waals surface area contributed by atoms with Crippen LogP contribution in [0.1, 0.15) is 39.0 Å². The average Bonchev–Trinajstić information content (AvgIpc) is 3.04. The molecule has 22 heavy (non-hydrogen) atoms. The van der Waals surface area contributed by atoms with Crippen molar-refractivity contribution in [3.8, 4) is 0 Å². The maximum atomic E-state index is 12.2. The number of hydrogen-bond donors (Lipinski definition) is 2. The highest BCUT2D eigenvalue weighted by Gasteiger charge is 2.20. The molecule has 2 N–H and O–H groups in total. The van der Waals surface area contributed by atoms with Crippen molar-refractivity contribution in [3.63, 3.8) is 0 Å². The number of guanidine groups is 1. The number of nitrogens with one attached hydrogen (secondary N) is 2. The van der Waals surface area contributed by atoms with Gasteiger partial charge in [-0.15, -0.1) is 0 Å². The van der Waals surface area contributed by atoms with Crippen LogP contribution in [-0.4, -0.2) is 62.7 Å². The summed E-state index contributed by atoms with van der Waals surface area (Å²) < 4.78 is 5.57. The lowest BCUT2D eigenvalue weighted by Crippen LogP contribution is -2.44. The van der Waals surface area contributed by atoms with E-state index in [1.807, 2.05) is 4.90 Å². The second kappa shape index (κ2) is 8.98. The van der Waals surface area contributed by atoms with E-state index in [0.29, 0.717) is 18.9 Å². The second-order valence-corrected chi connectivity index (χ2v) is 6.35. The van der Waals surface area contributed by atoms with Crippen LogP contribution in [0.4, 0.5) is 0 Å². The minimum Gasteiger partial charge on any atom is -0.376 e. The Kier molecular flexibility index (Phi) is 6.96. The van der Waals surface area contributed by atoms with Gasteiger partial charge < -0.3 is 20.3 Å². The van der Waals surface area contributed by atoms with Crippen LogP contribution < -0.4 is 10.6 Å². The van der Waals surface area contributed by atoms with Crippen molar-refractivity contribution < 1.29 is 9.53 Å². The third-order valence-corrected chi connectivity index (χ3v) is 4.39. The molecule has 2 atom stereocenters. The van der Waals surface area contributed by atoms with Gasteiger partial charge >= 0.3 is 0 Å². The van der Waals surface area contributed by atoms with Crippen molar-refractivity contribution in [1.82, 2.24) is 15.5 Å². The molecule has 0 saturated carbocycles. The van der Waals surface area contributed by atoms with Crippen molar-refractivity contribution in [3.05, 3.63) is 0 Å². The lowest BCUT2D eigenvalue weighted by molar-refractivity contribution is -0.132. The Labute approximate surface area is 133 Å². The van der Waals surface area contributed by atoms with Crippen LogP contribution in [0.2, 0.25) is 0 Å². The monoisotopic (exact) mass is 310 g/mol. The molecule has 6 heteroatoms. The van der Waals surface area contributed by atoms with Crippen LogP contribution in [0, 0.1) is 5.92 Å². The lowest BCUT2D eigenvalue weighted by atomic mass is 10.00. The summed E-state index contributed by atoms with van der Waals surface area (Å²) in [6, 6.07) is 0. The summed E-state index contributed by atoms with van der Waals surface area (Å²) in [5.41, 5.74) is 0. The quantitative estimate of drug-likeness (QED) is 0.587. The topological polar surface area (TPSA) is 66.0 Å². The first-order valence-corrected chi connectivity index (χ1v) is 8.53. The molecule has 0 aromatic heterocycles. The highest BCUT2D eigenvalue weighted by Crippen LogP contribution is 2.15. The molecule has 2 unspecified atom stereocenters. The van der Waals surface area contributed by atoms with Crippen LogP contribution in [0.3, 0.4) is 0 Å². The summed E-state index contributed by atoms with van der Waals surface area (Å²) in [5.74, 6) is 1.62. The SMILES string of the molecule is CN=C(NCCC(=O)N1CCCC(C)C1)NCC1CCCO1. The number of aliphatic imine (C=N–C) groups is 1. The van der Waals surface area contributed by atoms with E-state index in [9.17, 15) is 4.79 Å². The second-order valence-electron chi connectivity index (χ2n) is 6.35. The fourth-order valence-electron chi connectivity index (χ4n) is 3.10. The van der Waals surface area contributed by atoms with Gasteiger partial charge in [0.25, 0.3) is 0 Å². The number of piperidine rings is 1. The molecule has 1 amide bonds. The molecule has 0 aliphatic carbocycles. The molecule has 2 aliphatic heterocycles. The van der Waals surface area contributed by atoms with Gasteiger partial charge in [-0.3, -0.25) is 9.79 Å². The highest BCUT2D eigenvalue weighted by molar-refractivity contribution is 5.81. The van der Waals surface area contributed by atoms with E-state index in [4.69, 9.17) is 4.74 Å². The number of hydrogen-bond acceptors (Lipinski definition) is 3. The zero-order valence-corrected chi connectivity index (χ0v) is 13.9. The summed E-state index contributed by atoms with van der Waals surface area (Å²) >= 11 is 0. The van der Waals surface area contributed by atoms with E-state index < -0.39 is 0 Å². The zero-order chi connectivity index (χ0) is 15.8. The number of amides is 1. The van der Waals surface area contributed by atoms with E-state index in [1.54, 1.807) is 7.05 Å². The zero-order valence-electron chi connectivity index (χ0n) is 13.9. The molecule has 126 valence electrons. The highest BCUT2D eigenvalue weighted by atomic mass is 16.5. The number of carbonyl (C=O) groups is 1. The van der Waals surface area contributed by atoms with Crippen molar-refractivity contribution >= 4 is 11.9 Å². The predicted octanol–water partition coefficient (Wildman–Crippen LogP) is 0.979. The van der Waals surface area contributed by atoms with E-state index in [-0.39, 0.29) is 12.0 Å². The molecule has 2 fully saturated rings. The average molecular weight is 310 g/mol. The van der Waals surface area contributed by atoms with Crippen molar-refractivity contribution in [1.29, 1.82) is 0 Å². The molecule has 6 nitrogen and oxygen atoms in total. The first-order valence-electron chi connectivity index (χ1n) is 8.53. The number of nitrogens with zero attached hydrogens (tertiary/aromatic N) is 2. The number of rotatable bonds is 5. The fourth-order valence-corrected chi connectivity index (χ4v) is 3.10. The van der Waals surface area contributed by atoms with Gasteiger partial charge in [0, 0.05) is 46.3 Å². The van der Waals surface area contributed by atoms with Gasteiger partial charge in [0.05, 0.1) is 6.10 Å². The van der Waals surface area contributed by atoms with Crippen LogP contribution in [0.25, 0.3) is 0 Å². The maximum absolute atomic E-state index is 12.2. The summed E-state index contributed by atoms with van der Waals surface area (Å²) in [7, 11) is 1.75. The van der Waals surface area contributed by atoms with Crippen molar-refractivity contribution in [2.24, 2.45) is 10.9 Å². The van der Waals surface area contributed by atoms with Crippen LogP contribution in [0.15, 0.2) is 4.99 Å². The van der Waals surface area contributed by atoms with Crippen LogP contribution in [0.5, 0.6) is 0 Å². The molecule has 2 heterocycles. The number of ether oxygens (including phenoxy) is 1. The van der Waals surface area contributed by atoms with E-state index in [1.165, 1.54) is 6.42 Å². The van der Waals surface area contributed by atoms with Crippen LogP contribution >= 0.6 is 0 Å². The summed E-state index contributed by atoms with van der Waals surface area (Å²) in [5, 5.41) is 6.47. The number of likely N-dealkylation sites (tertiary alicyclic amines) is 1. The Morgan fingerprint density at radius 3 is 2.86 bits per heavy atom. The first kappa shape index (κ1) is 17.1. The molecule has 0 aromatic carbocycles. The molecule has 2 saturated heterocycles. The maximum Gasteiger partial charge on any atom is 0.224 e. The van der Waals surface area contributed by atoms with Gasteiger partial charge in [0.2, 0.25) is 5.91 Å². The van der Waals surface area contributed by atoms with Crippen molar-refractivity contribution in [2.45, 2.75) is 45.1 Å². The predicted molar refractivity (Wildman–Crippen MR) is 87.9 cm³/mol. The van der Waals surface area contributed by atoms with E-state index >= 15 is 0 Å². The summed E-state index contributed by atoms with van der Waals surface area (Å²) in [6.07, 6.45) is 5.42. The Morgan fingerprint density at radius 1 is 1.32 bits per heavy atom. The Hall–Kier alpha value is -1.30. The lowest BCUT2D eigenvalue weighted by Gasteiger charge is -2.31. The summed E-state index contributed by atoms with van der Waals surface area (Å²) in [6.45, 7) is 6.29. The smallest absolute Gasteiger partial charge is 0.224 e. The molecule has 0 bridgehead atoms. The Morgan fingerprint density at radius 2 is 2.18 bits per heavy atom. The molecule has 2 rings (SSSR count). The normalized spacial score (nSPS) is 26.1. The number of carbonyl (C=O) groups excluding carboxylic acids is 1. The molecule has 2 aliphatic rings. The minimum atomic E-state index is 0.244. The minimum absolute atomic E-state index is 0.244. The van der Waals surface area contributed by atoms with E-state index in [2.05, 4.69) is 22.5 Å². The van der Waals surface area contributed by atoms with Crippen molar-refractivity contribution in [2.75, 3.05) is 39.8 Å². The first-order chi connectivity index (χ1) is 10.7. The molecule has 0 spiro atoms. The van der Waals surface area contributed by atoms with Gasteiger partial charge in [0.1, 0.15) is 0 Å². The standard InChI is InChI=1S/C16H30N4O2/c1-13-5-3-9-20(12-13)15(21)7-8-18-16(17-2)19-11-14-6-4-10-22-14/h13-14H,3-12H2,1-2H3,(H2,17,18,19). The fraction of sp³-hybridized carbons (Fsp3) is 0.875. The molecule has 0 radical (unpaired) electrons. The third kappa shape index (κ3) is 5.48. The molecular formula is C16H30N4O2. The van der Waals surface area contributed by atoms with Gasteiger partial charge in [-0.2, -0.15) is 0 Å². The van der Waals surface area contributed by atoms with Gasteiger partial charge in [-0.25, -0.2) is 0 Å². The molecular weight excluding hydrogens is 280 g/mol. The van der Waals surface area contributed by atoms with Gasteiger partial charge in [-0.1, -0.05) is 6.92 Å². The summed E-state index contributed by atoms with van der Waals surface area (Å²) in [4.78, 5) is 18.4.